The van der Waals surface area contributed by atoms with E-state index in [0.29, 0.717) is 13.0 Å². The Morgan fingerprint density at radius 3 is 2.74 bits per heavy atom. The van der Waals surface area contributed by atoms with Crippen molar-refractivity contribution in [1.82, 2.24) is 14.8 Å². The number of rotatable bonds is 5. The van der Waals surface area contributed by atoms with E-state index in [1.807, 2.05) is 11.0 Å². The molecule has 0 unspecified atom stereocenters. The fourth-order valence-electron chi connectivity index (χ4n) is 2.28. The molecule has 2 heterocycles. The number of unbranched alkanes of at least 4 members (excludes halogenated alkanes) is 1. The van der Waals surface area contributed by atoms with Crippen molar-refractivity contribution >= 4 is 5.91 Å². The summed E-state index contributed by atoms with van der Waals surface area (Å²) in [7, 11) is 0. The number of aromatic nitrogens is 1. The number of aryl methyl sites for hydroxylation is 1. The van der Waals surface area contributed by atoms with Gasteiger partial charge in [0, 0.05) is 51.4 Å². The average Bonchev–Trinajstić information content (AvgIpc) is 2.46. The molecule has 1 aliphatic heterocycles. The lowest BCUT2D eigenvalue weighted by Gasteiger charge is -2.27. The van der Waals surface area contributed by atoms with Gasteiger partial charge in [-0.05, 0) is 18.9 Å². The predicted molar refractivity (Wildman–Crippen MR) is 74.0 cm³/mol. The van der Waals surface area contributed by atoms with Gasteiger partial charge in [-0.25, -0.2) is 0 Å². The third kappa shape index (κ3) is 4.21. The van der Waals surface area contributed by atoms with Gasteiger partial charge < -0.3 is 14.8 Å². The number of nitrogens with zero attached hydrogens (tertiary/aromatic N) is 2. The molecule has 1 fully saturated rings. The van der Waals surface area contributed by atoms with Gasteiger partial charge in [0.1, 0.15) is 0 Å². The fraction of sp³-hybridized carbons (Fsp3) is 0.571. The van der Waals surface area contributed by atoms with E-state index in [4.69, 9.17) is 0 Å². The van der Waals surface area contributed by atoms with Crippen LogP contribution in [0.15, 0.2) is 29.2 Å². The molecule has 1 aromatic rings. The first-order chi connectivity index (χ1) is 9.27. The van der Waals surface area contributed by atoms with Crippen LogP contribution in [0, 0.1) is 0 Å². The van der Waals surface area contributed by atoms with E-state index in [2.05, 4.69) is 5.32 Å². The first-order valence-electron chi connectivity index (χ1n) is 6.91. The second-order valence-corrected chi connectivity index (χ2v) is 4.82. The molecule has 1 amide bonds. The van der Waals surface area contributed by atoms with E-state index in [0.717, 1.165) is 39.0 Å². The van der Waals surface area contributed by atoms with Crippen LogP contribution in [0.5, 0.6) is 0 Å². The molecule has 1 saturated heterocycles. The number of hydrogen-bond acceptors (Lipinski definition) is 3. The molecular formula is C14H21N3O2. The molecule has 0 saturated carbocycles. The first-order valence-corrected chi connectivity index (χ1v) is 6.91. The minimum absolute atomic E-state index is 0.0240. The Morgan fingerprint density at radius 1 is 1.21 bits per heavy atom. The van der Waals surface area contributed by atoms with E-state index in [-0.39, 0.29) is 11.5 Å². The lowest BCUT2D eigenvalue weighted by molar-refractivity contribution is -0.131. The van der Waals surface area contributed by atoms with Gasteiger partial charge in [-0.2, -0.15) is 0 Å². The average molecular weight is 263 g/mol. The Kier molecular flexibility index (Phi) is 5.15. The summed E-state index contributed by atoms with van der Waals surface area (Å²) in [6.45, 7) is 4.11. The van der Waals surface area contributed by atoms with Crippen molar-refractivity contribution in [2.24, 2.45) is 0 Å². The molecule has 0 aromatic carbocycles. The number of hydrogen-bond donors (Lipinski definition) is 1. The summed E-state index contributed by atoms with van der Waals surface area (Å²) in [6.07, 6.45) is 4.08. The summed E-state index contributed by atoms with van der Waals surface area (Å²) in [5.74, 6) is 0.238. The first kappa shape index (κ1) is 13.8. The number of piperazine rings is 1. The van der Waals surface area contributed by atoms with Crippen LogP contribution in [0.3, 0.4) is 0 Å². The predicted octanol–water partition coefficient (Wildman–Crippen LogP) is 0.450. The summed E-state index contributed by atoms with van der Waals surface area (Å²) >= 11 is 0. The van der Waals surface area contributed by atoms with Gasteiger partial charge in [0.2, 0.25) is 11.5 Å². The van der Waals surface area contributed by atoms with Crippen LogP contribution in [0.4, 0.5) is 0 Å². The number of amides is 1. The molecule has 1 N–H and O–H groups in total. The minimum Gasteiger partial charge on any atom is -0.340 e. The molecule has 0 atom stereocenters. The molecule has 0 radical (unpaired) electrons. The van der Waals surface area contributed by atoms with Crippen LogP contribution in [0.1, 0.15) is 19.3 Å². The highest BCUT2D eigenvalue weighted by Gasteiger charge is 2.15. The highest BCUT2D eigenvalue weighted by molar-refractivity contribution is 5.76. The molecule has 5 nitrogen and oxygen atoms in total. The van der Waals surface area contributed by atoms with Crippen molar-refractivity contribution < 1.29 is 4.79 Å². The van der Waals surface area contributed by atoms with Crippen LogP contribution in [0.2, 0.25) is 0 Å². The second kappa shape index (κ2) is 7.09. The Bertz CT molecular complexity index is 464. The molecule has 19 heavy (non-hydrogen) atoms. The van der Waals surface area contributed by atoms with Crippen molar-refractivity contribution in [2.75, 3.05) is 26.2 Å². The van der Waals surface area contributed by atoms with Gasteiger partial charge in [0.15, 0.2) is 0 Å². The zero-order valence-electron chi connectivity index (χ0n) is 11.2. The molecular weight excluding hydrogens is 242 g/mol. The summed E-state index contributed by atoms with van der Waals surface area (Å²) in [5, 5.41) is 3.23. The summed E-state index contributed by atoms with van der Waals surface area (Å²) in [6, 6.07) is 5.16. The lowest BCUT2D eigenvalue weighted by atomic mass is 10.2. The van der Waals surface area contributed by atoms with Gasteiger partial charge in [0.05, 0.1) is 0 Å². The van der Waals surface area contributed by atoms with Crippen molar-refractivity contribution in [2.45, 2.75) is 25.8 Å². The minimum atomic E-state index is 0.0240. The smallest absolute Gasteiger partial charge is 0.250 e. The number of carbonyl (C=O) groups excluding carboxylic acids is 1. The van der Waals surface area contributed by atoms with Crippen LogP contribution >= 0.6 is 0 Å². The topological polar surface area (TPSA) is 54.3 Å². The van der Waals surface area contributed by atoms with E-state index in [9.17, 15) is 9.59 Å². The standard InChI is InChI=1S/C14H21N3O2/c18-13-5-1-3-9-16(13)10-4-2-6-14(19)17-11-7-15-8-12-17/h1,3,5,9,15H,2,4,6-8,10-12H2. The number of carbonyl (C=O) groups is 1. The van der Waals surface area contributed by atoms with Gasteiger partial charge in [-0.3, -0.25) is 9.59 Å². The molecule has 2 rings (SSSR count). The van der Waals surface area contributed by atoms with Crippen molar-refractivity contribution in [3.05, 3.63) is 34.7 Å². The third-order valence-electron chi connectivity index (χ3n) is 3.41. The lowest BCUT2D eigenvalue weighted by Crippen LogP contribution is -2.46. The molecule has 5 heteroatoms. The molecule has 104 valence electrons. The van der Waals surface area contributed by atoms with E-state index >= 15 is 0 Å². The molecule has 1 aliphatic rings. The van der Waals surface area contributed by atoms with Crippen molar-refractivity contribution in [3.63, 3.8) is 0 Å². The quantitative estimate of drug-likeness (QED) is 0.785. The molecule has 0 bridgehead atoms. The zero-order valence-corrected chi connectivity index (χ0v) is 11.2. The monoisotopic (exact) mass is 263 g/mol. The van der Waals surface area contributed by atoms with Crippen LogP contribution in [-0.4, -0.2) is 41.6 Å². The maximum absolute atomic E-state index is 11.9. The molecule has 0 spiro atoms. The van der Waals surface area contributed by atoms with Gasteiger partial charge in [-0.15, -0.1) is 0 Å². The maximum atomic E-state index is 11.9. The van der Waals surface area contributed by atoms with E-state index < -0.39 is 0 Å². The Labute approximate surface area is 113 Å². The molecule has 1 aromatic heterocycles. The molecule has 0 aliphatic carbocycles. The number of nitrogens with one attached hydrogen (secondary N) is 1. The second-order valence-electron chi connectivity index (χ2n) is 4.82. The van der Waals surface area contributed by atoms with E-state index in [1.54, 1.807) is 22.9 Å². The highest BCUT2D eigenvalue weighted by Crippen LogP contribution is 2.03. The van der Waals surface area contributed by atoms with E-state index in [1.165, 1.54) is 0 Å². The largest absolute Gasteiger partial charge is 0.340 e. The highest BCUT2D eigenvalue weighted by atomic mass is 16.2. The van der Waals surface area contributed by atoms with Gasteiger partial charge >= 0.3 is 0 Å². The van der Waals surface area contributed by atoms with Crippen molar-refractivity contribution in [1.29, 1.82) is 0 Å². The van der Waals surface area contributed by atoms with Gasteiger partial charge in [-0.1, -0.05) is 6.07 Å². The van der Waals surface area contributed by atoms with Crippen LogP contribution in [0.25, 0.3) is 0 Å². The summed E-state index contributed by atoms with van der Waals surface area (Å²) < 4.78 is 1.69. The maximum Gasteiger partial charge on any atom is 0.250 e. The number of pyridine rings is 1. The third-order valence-corrected chi connectivity index (χ3v) is 3.41. The van der Waals surface area contributed by atoms with Gasteiger partial charge in [0.25, 0.3) is 0 Å². The Hall–Kier alpha value is -1.62. The Balaban J connectivity index is 1.68. The van der Waals surface area contributed by atoms with Crippen molar-refractivity contribution in [3.8, 4) is 0 Å². The SMILES string of the molecule is O=C(CCCCn1ccccc1=O)N1CCNCC1. The summed E-state index contributed by atoms with van der Waals surface area (Å²) in [5.41, 5.74) is 0.0240. The van der Waals surface area contributed by atoms with Crippen LogP contribution < -0.4 is 10.9 Å². The summed E-state index contributed by atoms with van der Waals surface area (Å²) in [4.78, 5) is 25.3. The van der Waals surface area contributed by atoms with Crippen LogP contribution in [-0.2, 0) is 11.3 Å². The normalized spacial score (nSPS) is 15.5. The zero-order chi connectivity index (χ0) is 13.5. The fourth-order valence-corrected chi connectivity index (χ4v) is 2.28. The Morgan fingerprint density at radius 2 is 2.00 bits per heavy atom.